The van der Waals surface area contributed by atoms with E-state index in [2.05, 4.69) is 40.7 Å². The van der Waals surface area contributed by atoms with E-state index < -0.39 is 0 Å². The van der Waals surface area contributed by atoms with Crippen molar-refractivity contribution in [3.63, 3.8) is 0 Å². The molecule has 0 saturated heterocycles. The monoisotopic (exact) mass is 397 g/mol. The van der Waals surface area contributed by atoms with Crippen molar-refractivity contribution in [3.8, 4) is 0 Å². The zero-order valence-electron chi connectivity index (χ0n) is 15.8. The summed E-state index contributed by atoms with van der Waals surface area (Å²) in [5, 5.41) is 2.93. The highest BCUT2D eigenvalue weighted by atomic mass is 32.1. The maximum absolute atomic E-state index is 12.9. The Balaban J connectivity index is 1.30. The average Bonchev–Trinajstić information content (AvgIpc) is 3.47. The third-order valence-electron chi connectivity index (χ3n) is 5.18. The fourth-order valence-corrected chi connectivity index (χ4v) is 4.52. The van der Waals surface area contributed by atoms with E-state index >= 15 is 0 Å². The van der Waals surface area contributed by atoms with Gasteiger partial charge in [0.2, 0.25) is 0 Å². The summed E-state index contributed by atoms with van der Waals surface area (Å²) in [6.45, 7) is 0.658. The number of hydrogen-bond acceptors (Lipinski definition) is 4. The number of thiazole rings is 1. The van der Waals surface area contributed by atoms with E-state index in [9.17, 15) is 4.79 Å². The molecule has 0 amide bonds. The zero-order valence-corrected chi connectivity index (χ0v) is 16.6. The Morgan fingerprint density at radius 2 is 1.93 bits per heavy atom. The van der Waals surface area contributed by atoms with Crippen LogP contribution in [-0.4, -0.2) is 20.3 Å². The van der Waals surface area contributed by atoms with E-state index in [1.54, 1.807) is 23.7 Å². The minimum atomic E-state index is 0.0913. The highest BCUT2D eigenvalue weighted by Crippen LogP contribution is 2.32. The van der Waals surface area contributed by atoms with E-state index in [0.29, 0.717) is 18.7 Å². The van der Waals surface area contributed by atoms with Gasteiger partial charge in [0.15, 0.2) is 5.78 Å². The maximum Gasteiger partial charge on any atom is 0.186 e. The SMILES string of the molecule is O=C(Cc1nc(C2=Cc3ccccc3C2)cs1)c1cccn1Cc1ccncc1. The highest BCUT2D eigenvalue weighted by molar-refractivity contribution is 7.09. The van der Waals surface area contributed by atoms with Crippen LogP contribution in [0.1, 0.15) is 37.9 Å². The second-order valence-corrected chi connectivity index (χ2v) is 8.09. The average molecular weight is 398 g/mol. The predicted molar refractivity (Wildman–Crippen MR) is 116 cm³/mol. The van der Waals surface area contributed by atoms with Crippen molar-refractivity contribution in [3.05, 3.63) is 106 Å². The molecule has 5 rings (SSSR count). The number of pyridine rings is 1. The van der Waals surface area contributed by atoms with Crippen LogP contribution in [0.25, 0.3) is 11.6 Å². The van der Waals surface area contributed by atoms with Crippen LogP contribution in [0.4, 0.5) is 0 Å². The summed E-state index contributed by atoms with van der Waals surface area (Å²) in [6.07, 6.45) is 8.92. The number of rotatable bonds is 6. The van der Waals surface area contributed by atoms with Gasteiger partial charge in [0.1, 0.15) is 5.01 Å². The first kappa shape index (κ1) is 17.8. The van der Waals surface area contributed by atoms with Gasteiger partial charge in [-0.25, -0.2) is 4.98 Å². The van der Waals surface area contributed by atoms with Crippen LogP contribution < -0.4 is 0 Å². The zero-order chi connectivity index (χ0) is 19.6. The minimum Gasteiger partial charge on any atom is -0.341 e. The van der Waals surface area contributed by atoms with Crippen LogP contribution in [-0.2, 0) is 19.4 Å². The summed E-state index contributed by atoms with van der Waals surface area (Å²) in [4.78, 5) is 21.7. The van der Waals surface area contributed by atoms with Gasteiger partial charge in [0, 0.05) is 36.9 Å². The van der Waals surface area contributed by atoms with Gasteiger partial charge >= 0.3 is 0 Å². The molecule has 1 aliphatic rings. The van der Waals surface area contributed by atoms with Gasteiger partial charge in [-0.15, -0.1) is 11.3 Å². The van der Waals surface area contributed by atoms with Crippen LogP contribution in [0.5, 0.6) is 0 Å². The molecule has 0 aliphatic heterocycles. The lowest BCUT2D eigenvalue weighted by Gasteiger charge is -2.08. The van der Waals surface area contributed by atoms with E-state index in [-0.39, 0.29) is 5.78 Å². The van der Waals surface area contributed by atoms with Gasteiger partial charge in [-0.3, -0.25) is 9.78 Å². The molecule has 0 atom stereocenters. The number of hydrogen-bond donors (Lipinski definition) is 0. The second kappa shape index (κ2) is 7.60. The molecule has 0 unspecified atom stereocenters. The maximum atomic E-state index is 12.9. The van der Waals surface area contributed by atoms with E-state index in [4.69, 9.17) is 4.98 Å². The summed E-state index contributed by atoms with van der Waals surface area (Å²) in [5.74, 6) is 0.0913. The van der Waals surface area contributed by atoms with Crippen molar-refractivity contribution in [2.75, 3.05) is 0 Å². The van der Waals surface area contributed by atoms with Crippen molar-refractivity contribution in [1.29, 1.82) is 0 Å². The van der Waals surface area contributed by atoms with Crippen molar-refractivity contribution in [2.45, 2.75) is 19.4 Å². The summed E-state index contributed by atoms with van der Waals surface area (Å²) in [6, 6.07) is 16.2. The molecule has 0 bridgehead atoms. The van der Waals surface area contributed by atoms with Crippen LogP contribution in [0.15, 0.2) is 72.5 Å². The Hall–Kier alpha value is -3.31. The predicted octanol–water partition coefficient (Wildman–Crippen LogP) is 4.91. The standard InChI is InChI=1S/C24H19N3OS/c28-23(22-6-3-11-27(22)15-17-7-9-25-10-8-17)14-24-26-21(16-29-24)20-12-18-4-1-2-5-19(18)13-20/h1-12,16H,13-15H2. The lowest BCUT2D eigenvalue weighted by molar-refractivity contribution is 0.0984. The number of carbonyl (C=O) groups excluding carboxylic acids is 1. The molecule has 1 aromatic carbocycles. The molecule has 0 saturated carbocycles. The van der Waals surface area contributed by atoms with Crippen LogP contribution in [0.3, 0.4) is 0 Å². The molecule has 0 fully saturated rings. The molecule has 5 heteroatoms. The molecule has 29 heavy (non-hydrogen) atoms. The van der Waals surface area contributed by atoms with Gasteiger partial charge in [0.25, 0.3) is 0 Å². The third-order valence-corrected chi connectivity index (χ3v) is 6.02. The quantitative estimate of drug-likeness (QED) is 0.434. The number of nitrogens with zero attached hydrogens (tertiary/aromatic N) is 3. The number of carbonyl (C=O) groups is 1. The van der Waals surface area contributed by atoms with Gasteiger partial charge in [-0.2, -0.15) is 0 Å². The summed E-state index contributed by atoms with van der Waals surface area (Å²) in [7, 11) is 0. The molecule has 4 aromatic rings. The van der Waals surface area contributed by atoms with Crippen LogP contribution in [0.2, 0.25) is 0 Å². The lowest BCUT2D eigenvalue weighted by Crippen LogP contribution is -2.11. The number of ketones is 1. The topological polar surface area (TPSA) is 47.8 Å². The molecule has 0 spiro atoms. The Kier molecular flexibility index (Phi) is 4.66. The molecular weight excluding hydrogens is 378 g/mol. The molecule has 1 aliphatic carbocycles. The van der Waals surface area contributed by atoms with Crippen LogP contribution >= 0.6 is 11.3 Å². The van der Waals surface area contributed by atoms with E-state index in [0.717, 1.165) is 22.7 Å². The largest absolute Gasteiger partial charge is 0.341 e. The number of allylic oxidation sites excluding steroid dienone is 1. The first-order valence-corrected chi connectivity index (χ1v) is 10.4. The number of fused-ring (bicyclic) bond motifs is 1. The van der Waals surface area contributed by atoms with Crippen molar-refractivity contribution in [2.24, 2.45) is 0 Å². The smallest absolute Gasteiger partial charge is 0.186 e. The van der Waals surface area contributed by atoms with Crippen molar-refractivity contribution < 1.29 is 4.79 Å². The van der Waals surface area contributed by atoms with Gasteiger partial charge in [-0.1, -0.05) is 24.3 Å². The van der Waals surface area contributed by atoms with Crippen LogP contribution in [0, 0.1) is 0 Å². The molecule has 3 heterocycles. The summed E-state index contributed by atoms with van der Waals surface area (Å²) >= 11 is 1.56. The molecular formula is C24H19N3OS. The second-order valence-electron chi connectivity index (χ2n) is 7.15. The molecule has 0 N–H and O–H groups in total. The van der Waals surface area contributed by atoms with E-state index in [1.165, 1.54) is 16.7 Å². The Labute approximate surface area is 173 Å². The number of Topliss-reactive ketones (excluding diaryl/α,β-unsaturated/α-hetero) is 1. The summed E-state index contributed by atoms with van der Waals surface area (Å²) in [5.41, 5.74) is 6.65. The van der Waals surface area contributed by atoms with Crippen molar-refractivity contribution >= 4 is 28.8 Å². The Bertz CT molecular complexity index is 1200. The lowest BCUT2D eigenvalue weighted by atomic mass is 10.1. The Morgan fingerprint density at radius 3 is 2.79 bits per heavy atom. The third kappa shape index (κ3) is 3.69. The Morgan fingerprint density at radius 1 is 1.07 bits per heavy atom. The fraction of sp³-hybridized carbons (Fsp3) is 0.125. The molecule has 4 nitrogen and oxygen atoms in total. The van der Waals surface area contributed by atoms with Gasteiger partial charge in [0.05, 0.1) is 17.8 Å². The van der Waals surface area contributed by atoms with Gasteiger partial charge < -0.3 is 4.57 Å². The molecule has 3 aromatic heterocycles. The normalized spacial score (nSPS) is 12.6. The fourth-order valence-electron chi connectivity index (χ4n) is 3.70. The number of aromatic nitrogens is 3. The van der Waals surface area contributed by atoms with Crippen molar-refractivity contribution in [1.82, 2.24) is 14.5 Å². The van der Waals surface area contributed by atoms with E-state index in [1.807, 2.05) is 35.0 Å². The minimum absolute atomic E-state index is 0.0913. The van der Waals surface area contributed by atoms with Gasteiger partial charge in [-0.05, 0) is 52.6 Å². The summed E-state index contributed by atoms with van der Waals surface area (Å²) < 4.78 is 1.99. The highest BCUT2D eigenvalue weighted by Gasteiger charge is 2.18. The first-order chi connectivity index (χ1) is 14.3. The number of benzene rings is 1. The molecule has 142 valence electrons. The molecule has 0 radical (unpaired) electrons. The first-order valence-electron chi connectivity index (χ1n) is 9.57.